The van der Waals surface area contributed by atoms with Crippen LogP contribution in [0.2, 0.25) is 0 Å². The van der Waals surface area contributed by atoms with Gasteiger partial charge in [0.2, 0.25) is 5.91 Å². The summed E-state index contributed by atoms with van der Waals surface area (Å²) in [7, 11) is 0. The summed E-state index contributed by atoms with van der Waals surface area (Å²) < 4.78 is 0. The van der Waals surface area contributed by atoms with E-state index >= 15 is 0 Å². The molecule has 0 aromatic rings. The number of hydrogen-bond acceptors (Lipinski definition) is 2. The van der Waals surface area contributed by atoms with Gasteiger partial charge in [-0.2, -0.15) is 0 Å². The van der Waals surface area contributed by atoms with Crippen molar-refractivity contribution in [3.05, 3.63) is 0 Å². The van der Waals surface area contributed by atoms with Crippen molar-refractivity contribution in [1.29, 1.82) is 0 Å². The molecule has 0 radical (unpaired) electrons. The van der Waals surface area contributed by atoms with E-state index in [-0.39, 0.29) is 18.4 Å². The van der Waals surface area contributed by atoms with E-state index in [0.717, 1.165) is 19.3 Å². The number of carbonyl (C=O) groups is 2. The van der Waals surface area contributed by atoms with Crippen LogP contribution in [-0.4, -0.2) is 35.0 Å². The van der Waals surface area contributed by atoms with Crippen molar-refractivity contribution in [2.75, 3.05) is 13.1 Å². The summed E-state index contributed by atoms with van der Waals surface area (Å²) in [6.07, 6.45) is 2.94. The fourth-order valence-corrected chi connectivity index (χ4v) is 1.75. The van der Waals surface area contributed by atoms with Crippen LogP contribution in [0, 0.1) is 11.8 Å². The van der Waals surface area contributed by atoms with E-state index in [1.54, 1.807) is 0 Å². The lowest BCUT2D eigenvalue weighted by molar-refractivity contribution is -0.148. The van der Waals surface area contributed by atoms with Crippen molar-refractivity contribution >= 4 is 11.9 Å². The first-order chi connectivity index (χ1) is 7.00. The van der Waals surface area contributed by atoms with Gasteiger partial charge in [-0.3, -0.25) is 9.59 Å². The molecule has 1 N–H and O–H groups in total. The first-order valence-corrected chi connectivity index (χ1v) is 5.51. The number of aliphatic carboxylic acids is 1. The first-order valence-electron chi connectivity index (χ1n) is 5.51. The van der Waals surface area contributed by atoms with E-state index < -0.39 is 5.97 Å². The highest BCUT2D eigenvalue weighted by Gasteiger charge is 2.30. The number of carboxylic acids is 1. The molecule has 1 fully saturated rings. The third-order valence-electron chi connectivity index (χ3n) is 2.68. The molecule has 0 unspecified atom stereocenters. The highest BCUT2D eigenvalue weighted by molar-refractivity contribution is 5.83. The zero-order valence-electron chi connectivity index (χ0n) is 9.40. The average Bonchev–Trinajstić information content (AvgIpc) is 1.97. The summed E-state index contributed by atoms with van der Waals surface area (Å²) in [4.78, 5) is 24.0. The monoisotopic (exact) mass is 213 g/mol. The minimum absolute atomic E-state index is 0.0253. The Kier molecular flexibility index (Phi) is 4.12. The Labute approximate surface area is 90.3 Å². The Balaban J connectivity index is 2.53. The van der Waals surface area contributed by atoms with Gasteiger partial charge in [0.15, 0.2) is 0 Å². The van der Waals surface area contributed by atoms with Gasteiger partial charge in [-0.05, 0) is 18.8 Å². The summed E-state index contributed by atoms with van der Waals surface area (Å²) in [6.45, 7) is 4.36. The molecule has 1 saturated carbocycles. The Morgan fingerprint density at radius 2 is 2.00 bits per heavy atom. The lowest BCUT2D eigenvalue weighted by Crippen LogP contribution is -2.43. The van der Waals surface area contributed by atoms with E-state index in [2.05, 4.69) is 0 Å². The van der Waals surface area contributed by atoms with Gasteiger partial charge in [0, 0.05) is 12.5 Å². The minimum atomic E-state index is -0.927. The van der Waals surface area contributed by atoms with Gasteiger partial charge < -0.3 is 10.0 Å². The van der Waals surface area contributed by atoms with Gasteiger partial charge >= 0.3 is 5.97 Å². The Morgan fingerprint density at radius 3 is 2.33 bits per heavy atom. The standard InChI is InChI=1S/C11H19NO3/c1-8(2)6-12(7-10(13)14)11(15)9-4-3-5-9/h8-9H,3-7H2,1-2H3,(H,13,14). The molecule has 4 nitrogen and oxygen atoms in total. The maximum atomic E-state index is 11.9. The minimum Gasteiger partial charge on any atom is -0.480 e. The second-order valence-electron chi connectivity index (χ2n) is 4.63. The van der Waals surface area contributed by atoms with E-state index in [1.807, 2.05) is 13.8 Å². The summed E-state index contributed by atoms with van der Waals surface area (Å²) in [5.41, 5.74) is 0. The summed E-state index contributed by atoms with van der Waals surface area (Å²) >= 11 is 0. The third-order valence-corrected chi connectivity index (χ3v) is 2.68. The molecule has 15 heavy (non-hydrogen) atoms. The van der Waals surface area contributed by atoms with E-state index in [0.29, 0.717) is 12.5 Å². The van der Waals surface area contributed by atoms with Crippen molar-refractivity contribution in [2.45, 2.75) is 33.1 Å². The van der Waals surface area contributed by atoms with Crippen molar-refractivity contribution in [3.63, 3.8) is 0 Å². The molecule has 0 saturated heterocycles. The van der Waals surface area contributed by atoms with Gasteiger partial charge in [-0.15, -0.1) is 0 Å². The number of nitrogens with zero attached hydrogens (tertiary/aromatic N) is 1. The molecule has 1 rings (SSSR count). The molecular formula is C11H19NO3. The zero-order valence-corrected chi connectivity index (χ0v) is 9.40. The van der Waals surface area contributed by atoms with Crippen LogP contribution in [-0.2, 0) is 9.59 Å². The maximum Gasteiger partial charge on any atom is 0.323 e. The molecule has 0 spiro atoms. The van der Waals surface area contributed by atoms with E-state index in [9.17, 15) is 9.59 Å². The lowest BCUT2D eigenvalue weighted by Gasteiger charge is -2.31. The third kappa shape index (κ3) is 3.53. The normalized spacial score (nSPS) is 16.2. The smallest absolute Gasteiger partial charge is 0.323 e. The van der Waals surface area contributed by atoms with Gasteiger partial charge in [0.25, 0.3) is 0 Å². The molecule has 0 aromatic heterocycles. The van der Waals surface area contributed by atoms with Crippen LogP contribution in [0.1, 0.15) is 33.1 Å². The molecule has 0 heterocycles. The van der Waals surface area contributed by atoms with E-state index in [1.165, 1.54) is 4.90 Å². The lowest BCUT2D eigenvalue weighted by atomic mass is 9.84. The molecule has 0 bridgehead atoms. The van der Waals surface area contributed by atoms with E-state index in [4.69, 9.17) is 5.11 Å². The number of amides is 1. The van der Waals surface area contributed by atoms with Crippen LogP contribution in [0.25, 0.3) is 0 Å². The predicted octanol–water partition coefficient (Wildman–Crippen LogP) is 1.36. The summed E-state index contributed by atoms with van der Waals surface area (Å²) in [6, 6.07) is 0. The number of hydrogen-bond donors (Lipinski definition) is 1. The van der Waals surface area contributed by atoms with Gasteiger partial charge in [0.05, 0.1) is 0 Å². The quantitative estimate of drug-likeness (QED) is 0.750. The van der Waals surface area contributed by atoms with Crippen LogP contribution in [0.15, 0.2) is 0 Å². The molecule has 0 aliphatic heterocycles. The summed E-state index contributed by atoms with van der Waals surface area (Å²) in [5, 5.41) is 8.72. The van der Waals surface area contributed by atoms with Crippen molar-refractivity contribution in [1.82, 2.24) is 4.90 Å². The number of carboxylic acid groups (broad SMARTS) is 1. The number of rotatable bonds is 5. The zero-order chi connectivity index (χ0) is 11.4. The second-order valence-corrected chi connectivity index (χ2v) is 4.63. The highest BCUT2D eigenvalue weighted by atomic mass is 16.4. The molecular weight excluding hydrogens is 194 g/mol. The predicted molar refractivity (Wildman–Crippen MR) is 56.4 cm³/mol. The van der Waals surface area contributed by atoms with Crippen LogP contribution in [0.3, 0.4) is 0 Å². The van der Waals surface area contributed by atoms with Crippen molar-refractivity contribution in [2.24, 2.45) is 11.8 Å². The fraction of sp³-hybridized carbons (Fsp3) is 0.818. The van der Waals surface area contributed by atoms with Gasteiger partial charge in [0.1, 0.15) is 6.54 Å². The van der Waals surface area contributed by atoms with Crippen LogP contribution >= 0.6 is 0 Å². The van der Waals surface area contributed by atoms with Crippen molar-refractivity contribution < 1.29 is 14.7 Å². The van der Waals surface area contributed by atoms with Crippen LogP contribution in [0.5, 0.6) is 0 Å². The maximum absolute atomic E-state index is 11.9. The molecule has 0 aromatic carbocycles. The topological polar surface area (TPSA) is 57.6 Å². The molecule has 4 heteroatoms. The highest BCUT2D eigenvalue weighted by Crippen LogP contribution is 2.28. The second kappa shape index (κ2) is 5.14. The number of carbonyl (C=O) groups excluding carboxylic acids is 1. The fourth-order valence-electron chi connectivity index (χ4n) is 1.75. The molecule has 1 aliphatic carbocycles. The Morgan fingerprint density at radius 1 is 1.40 bits per heavy atom. The van der Waals surface area contributed by atoms with Crippen LogP contribution in [0.4, 0.5) is 0 Å². The molecule has 86 valence electrons. The van der Waals surface area contributed by atoms with Crippen molar-refractivity contribution in [3.8, 4) is 0 Å². The van der Waals surface area contributed by atoms with Gasteiger partial charge in [-0.1, -0.05) is 20.3 Å². The summed E-state index contributed by atoms with van der Waals surface area (Å²) in [5.74, 6) is -0.503. The molecule has 1 amide bonds. The SMILES string of the molecule is CC(C)CN(CC(=O)O)C(=O)C1CCC1. The molecule has 0 atom stereocenters. The Hall–Kier alpha value is -1.06. The van der Waals surface area contributed by atoms with Crippen LogP contribution < -0.4 is 0 Å². The van der Waals surface area contributed by atoms with Gasteiger partial charge in [-0.25, -0.2) is 0 Å². The molecule has 1 aliphatic rings. The largest absolute Gasteiger partial charge is 0.480 e. The first kappa shape index (κ1) is 12.0. The average molecular weight is 213 g/mol. The Bertz CT molecular complexity index is 246.